The van der Waals surface area contributed by atoms with E-state index in [9.17, 15) is 14.7 Å². The van der Waals surface area contributed by atoms with Gasteiger partial charge < -0.3 is 20.1 Å². The molecule has 122 valence electrons. The summed E-state index contributed by atoms with van der Waals surface area (Å²) in [5.74, 6) is -1.32. The molecule has 2 heterocycles. The van der Waals surface area contributed by atoms with Crippen molar-refractivity contribution in [3.63, 3.8) is 0 Å². The molecule has 1 aliphatic rings. The quantitative estimate of drug-likeness (QED) is 0.799. The van der Waals surface area contributed by atoms with E-state index in [4.69, 9.17) is 16.3 Å². The largest absolute Gasteiger partial charge is 0.481 e. The monoisotopic (exact) mass is 336 g/mol. The number of para-hydroxylation sites is 1. The van der Waals surface area contributed by atoms with E-state index >= 15 is 0 Å². The minimum absolute atomic E-state index is 0.0518. The molecule has 1 fully saturated rings. The van der Waals surface area contributed by atoms with E-state index in [2.05, 4.69) is 10.3 Å². The van der Waals surface area contributed by atoms with Crippen LogP contribution in [0.1, 0.15) is 23.3 Å². The number of nitrogens with one attached hydrogen (secondary N) is 2. The van der Waals surface area contributed by atoms with Crippen LogP contribution < -0.4 is 5.32 Å². The molecular formula is C16H17ClN2O4. The summed E-state index contributed by atoms with van der Waals surface area (Å²) in [5, 5.41) is 13.3. The molecule has 3 rings (SSSR count). The second-order valence-electron chi connectivity index (χ2n) is 5.74. The van der Waals surface area contributed by atoms with E-state index in [0.717, 1.165) is 10.9 Å². The number of ether oxygens (including phenoxy) is 1. The van der Waals surface area contributed by atoms with Crippen LogP contribution in [0.25, 0.3) is 10.9 Å². The highest BCUT2D eigenvalue weighted by Gasteiger charge is 2.40. The van der Waals surface area contributed by atoms with Crippen LogP contribution in [-0.4, -0.2) is 41.7 Å². The molecule has 1 aliphatic heterocycles. The number of H-pyrrole nitrogens is 1. The number of aromatic amines is 1. The molecule has 0 bridgehead atoms. The molecule has 7 heteroatoms. The second-order valence-corrected chi connectivity index (χ2v) is 6.12. The molecule has 0 saturated carbocycles. The summed E-state index contributed by atoms with van der Waals surface area (Å²) in [6.45, 7) is 0.820. The smallest absolute Gasteiger partial charge is 0.311 e. The van der Waals surface area contributed by atoms with Crippen molar-refractivity contribution in [2.75, 3.05) is 19.8 Å². The van der Waals surface area contributed by atoms with Crippen molar-refractivity contribution in [2.45, 2.75) is 12.8 Å². The molecule has 1 aromatic heterocycles. The fourth-order valence-corrected chi connectivity index (χ4v) is 3.13. The molecule has 23 heavy (non-hydrogen) atoms. The predicted octanol–water partition coefficient (Wildman–Crippen LogP) is 2.43. The number of fused-ring (bicyclic) bond motifs is 1. The van der Waals surface area contributed by atoms with E-state index in [0.29, 0.717) is 31.1 Å². The summed E-state index contributed by atoms with van der Waals surface area (Å²) in [4.78, 5) is 27.0. The lowest BCUT2D eigenvalue weighted by atomic mass is 9.80. The fraction of sp³-hybridized carbons (Fsp3) is 0.375. The molecule has 1 saturated heterocycles. The lowest BCUT2D eigenvalue weighted by Gasteiger charge is -2.33. The molecule has 0 spiro atoms. The number of carboxylic acid groups (broad SMARTS) is 1. The number of rotatable bonds is 4. The second kappa shape index (κ2) is 6.22. The standard InChI is InChI=1S/C16H17ClN2O4/c17-12-10-3-1-2-4-11(10)19-13(12)14(20)18-9-16(15(21)22)5-7-23-8-6-16/h1-4,19H,5-9H2,(H,18,20)(H,21,22). The Balaban J connectivity index is 1.78. The maximum atomic E-state index is 12.4. The van der Waals surface area contributed by atoms with Gasteiger partial charge in [-0.15, -0.1) is 0 Å². The average molecular weight is 337 g/mol. The minimum Gasteiger partial charge on any atom is -0.481 e. The molecular weight excluding hydrogens is 320 g/mol. The van der Waals surface area contributed by atoms with Crippen molar-refractivity contribution in [3.05, 3.63) is 35.0 Å². The van der Waals surface area contributed by atoms with Gasteiger partial charge in [-0.05, 0) is 18.9 Å². The van der Waals surface area contributed by atoms with Gasteiger partial charge >= 0.3 is 5.97 Å². The van der Waals surface area contributed by atoms with Gasteiger partial charge in [0.25, 0.3) is 5.91 Å². The van der Waals surface area contributed by atoms with E-state index in [1.807, 2.05) is 24.3 Å². The number of hydrogen-bond donors (Lipinski definition) is 3. The average Bonchev–Trinajstić information content (AvgIpc) is 2.91. The number of halogens is 1. The van der Waals surface area contributed by atoms with Crippen LogP contribution >= 0.6 is 11.6 Å². The van der Waals surface area contributed by atoms with Gasteiger partial charge in [-0.3, -0.25) is 9.59 Å². The third-order valence-corrected chi connectivity index (χ3v) is 4.75. The number of aliphatic carboxylic acids is 1. The van der Waals surface area contributed by atoms with Crippen molar-refractivity contribution in [1.82, 2.24) is 10.3 Å². The number of carbonyl (C=O) groups is 2. The number of amides is 1. The normalized spacial score (nSPS) is 17.1. The zero-order valence-corrected chi connectivity index (χ0v) is 13.2. The van der Waals surface area contributed by atoms with Crippen molar-refractivity contribution in [1.29, 1.82) is 0 Å². The van der Waals surface area contributed by atoms with Crippen LogP contribution in [0.5, 0.6) is 0 Å². The van der Waals surface area contributed by atoms with E-state index in [1.54, 1.807) is 0 Å². The molecule has 0 radical (unpaired) electrons. The Morgan fingerprint density at radius 2 is 2.00 bits per heavy atom. The van der Waals surface area contributed by atoms with Gasteiger partial charge in [0.1, 0.15) is 5.69 Å². The molecule has 0 unspecified atom stereocenters. The zero-order chi connectivity index (χ0) is 16.4. The molecule has 0 atom stereocenters. The van der Waals surface area contributed by atoms with E-state index in [-0.39, 0.29) is 12.2 Å². The minimum atomic E-state index is -0.980. The number of aromatic nitrogens is 1. The first-order valence-electron chi connectivity index (χ1n) is 7.39. The van der Waals surface area contributed by atoms with Crippen molar-refractivity contribution in [2.24, 2.45) is 5.41 Å². The van der Waals surface area contributed by atoms with Gasteiger partial charge in [0.05, 0.1) is 10.4 Å². The van der Waals surface area contributed by atoms with Gasteiger partial charge in [-0.2, -0.15) is 0 Å². The summed E-state index contributed by atoms with van der Waals surface area (Å²) < 4.78 is 5.22. The van der Waals surface area contributed by atoms with Crippen molar-refractivity contribution in [3.8, 4) is 0 Å². The lowest BCUT2D eigenvalue weighted by molar-refractivity contribution is -0.154. The van der Waals surface area contributed by atoms with E-state index < -0.39 is 17.3 Å². The predicted molar refractivity (Wildman–Crippen MR) is 85.8 cm³/mol. The van der Waals surface area contributed by atoms with Crippen molar-refractivity contribution >= 4 is 34.4 Å². The summed E-state index contributed by atoms with van der Waals surface area (Å²) in [7, 11) is 0. The van der Waals surface area contributed by atoms with Crippen LogP contribution in [0.3, 0.4) is 0 Å². The highest BCUT2D eigenvalue weighted by molar-refractivity contribution is 6.38. The Morgan fingerprint density at radius 3 is 2.65 bits per heavy atom. The number of carboxylic acids is 1. The highest BCUT2D eigenvalue weighted by Crippen LogP contribution is 2.31. The third-order valence-electron chi connectivity index (χ3n) is 4.36. The first-order chi connectivity index (χ1) is 11.0. The number of benzene rings is 1. The maximum Gasteiger partial charge on any atom is 0.311 e. The Bertz CT molecular complexity index is 750. The third kappa shape index (κ3) is 2.92. The highest BCUT2D eigenvalue weighted by atomic mass is 35.5. The molecule has 1 aromatic carbocycles. The topological polar surface area (TPSA) is 91.4 Å². The van der Waals surface area contributed by atoms with Crippen LogP contribution in [0, 0.1) is 5.41 Å². The van der Waals surface area contributed by atoms with Crippen LogP contribution in [0.15, 0.2) is 24.3 Å². The molecule has 3 N–H and O–H groups in total. The van der Waals surface area contributed by atoms with Gasteiger partial charge in [0, 0.05) is 30.7 Å². The maximum absolute atomic E-state index is 12.4. The van der Waals surface area contributed by atoms with Gasteiger partial charge in [-0.1, -0.05) is 29.8 Å². The van der Waals surface area contributed by atoms with Crippen molar-refractivity contribution < 1.29 is 19.4 Å². The zero-order valence-electron chi connectivity index (χ0n) is 12.4. The van der Waals surface area contributed by atoms with Gasteiger partial charge in [-0.25, -0.2) is 0 Å². The van der Waals surface area contributed by atoms with Crippen LogP contribution in [0.4, 0.5) is 0 Å². The van der Waals surface area contributed by atoms with Gasteiger partial charge in [0.15, 0.2) is 0 Å². The summed E-state index contributed by atoms with van der Waals surface area (Å²) in [6, 6.07) is 7.33. The first kappa shape index (κ1) is 15.8. The van der Waals surface area contributed by atoms with Crippen LogP contribution in [0.2, 0.25) is 5.02 Å². The summed E-state index contributed by atoms with van der Waals surface area (Å²) in [6.07, 6.45) is 0.756. The van der Waals surface area contributed by atoms with Crippen LogP contribution in [-0.2, 0) is 9.53 Å². The molecule has 6 nitrogen and oxygen atoms in total. The fourth-order valence-electron chi connectivity index (χ4n) is 2.83. The van der Waals surface area contributed by atoms with E-state index in [1.165, 1.54) is 0 Å². The Hall–Kier alpha value is -2.05. The summed E-state index contributed by atoms with van der Waals surface area (Å²) in [5.41, 5.74) is 0.0361. The number of hydrogen-bond acceptors (Lipinski definition) is 3. The Kier molecular flexibility index (Phi) is 4.28. The summed E-state index contributed by atoms with van der Waals surface area (Å²) >= 11 is 6.24. The van der Waals surface area contributed by atoms with Gasteiger partial charge in [0.2, 0.25) is 0 Å². The number of carbonyl (C=O) groups excluding carboxylic acids is 1. The SMILES string of the molecule is O=C(NCC1(C(=O)O)CCOCC1)c1[nH]c2ccccc2c1Cl. The first-order valence-corrected chi connectivity index (χ1v) is 7.77. The Morgan fingerprint density at radius 1 is 1.30 bits per heavy atom. The molecule has 1 amide bonds. The Labute approximate surface area is 137 Å². The molecule has 0 aliphatic carbocycles. The molecule has 2 aromatic rings. The lowest BCUT2D eigenvalue weighted by Crippen LogP contribution is -2.46.